The second-order valence-electron chi connectivity index (χ2n) is 7.28. The van der Waals surface area contributed by atoms with Crippen molar-refractivity contribution in [2.45, 2.75) is 84.2 Å². The van der Waals surface area contributed by atoms with Crippen molar-refractivity contribution in [1.29, 1.82) is 0 Å². The van der Waals surface area contributed by atoms with Gasteiger partial charge in [0.15, 0.2) is 0 Å². The minimum Gasteiger partial charge on any atom is -0.446 e. The molecule has 1 amide bonds. The van der Waals surface area contributed by atoms with Crippen molar-refractivity contribution in [3.8, 4) is 0 Å². The quantitative estimate of drug-likeness (QED) is 0.785. The molecule has 0 aromatic rings. The highest BCUT2D eigenvalue weighted by Crippen LogP contribution is 2.41. The van der Waals surface area contributed by atoms with Gasteiger partial charge in [-0.25, -0.2) is 4.79 Å². The molecule has 0 unspecified atom stereocenters. The largest absolute Gasteiger partial charge is 0.446 e. The fourth-order valence-corrected chi connectivity index (χ4v) is 4.56. The third-order valence-corrected chi connectivity index (χ3v) is 6.12. The van der Waals surface area contributed by atoms with Crippen molar-refractivity contribution in [2.75, 3.05) is 0 Å². The fourth-order valence-electron chi connectivity index (χ4n) is 4.56. The van der Waals surface area contributed by atoms with Crippen LogP contribution in [0.1, 0.15) is 78.1 Å². The maximum absolute atomic E-state index is 11.3. The van der Waals surface area contributed by atoms with Crippen molar-refractivity contribution in [2.24, 2.45) is 29.4 Å². The van der Waals surface area contributed by atoms with Crippen LogP contribution < -0.4 is 5.73 Å². The number of ether oxygens (including phenoxy) is 1. The Balaban J connectivity index is 1.93. The number of hydrogen-bond donors (Lipinski definition) is 1. The summed E-state index contributed by atoms with van der Waals surface area (Å²) in [5, 5.41) is 0. The Morgan fingerprint density at radius 3 is 1.57 bits per heavy atom. The van der Waals surface area contributed by atoms with Gasteiger partial charge in [-0.05, 0) is 49.4 Å². The van der Waals surface area contributed by atoms with Gasteiger partial charge in [0.25, 0.3) is 0 Å². The Labute approximate surface area is 130 Å². The van der Waals surface area contributed by atoms with E-state index >= 15 is 0 Å². The maximum atomic E-state index is 11.3. The van der Waals surface area contributed by atoms with E-state index in [-0.39, 0.29) is 6.10 Å². The van der Waals surface area contributed by atoms with Crippen LogP contribution in [0.25, 0.3) is 0 Å². The first-order valence-corrected chi connectivity index (χ1v) is 9.10. The van der Waals surface area contributed by atoms with E-state index in [4.69, 9.17) is 10.5 Å². The van der Waals surface area contributed by atoms with E-state index < -0.39 is 6.09 Å². The van der Waals surface area contributed by atoms with Gasteiger partial charge >= 0.3 is 6.09 Å². The number of hydrogen-bond acceptors (Lipinski definition) is 2. The van der Waals surface area contributed by atoms with Gasteiger partial charge < -0.3 is 10.5 Å². The fraction of sp³-hybridized carbons (Fsp3) is 0.944. The van der Waals surface area contributed by atoms with E-state index in [1.165, 1.54) is 64.2 Å². The Bertz CT molecular complexity index is 291. The summed E-state index contributed by atoms with van der Waals surface area (Å²) in [7, 11) is 0. The monoisotopic (exact) mass is 295 g/mol. The van der Waals surface area contributed by atoms with Crippen LogP contribution in [0.2, 0.25) is 0 Å². The van der Waals surface area contributed by atoms with Gasteiger partial charge in [0.1, 0.15) is 6.10 Å². The number of carbonyl (C=O) groups excluding carboxylic acids is 1. The van der Waals surface area contributed by atoms with Crippen LogP contribution in [0, 0.1) is 23.7 Å². The van der Waals surface area contributed by atoms with Gasteiger partial charge in [-0.3, -0.25) is 0 Å². The lowest BCUT2D eigenvalue weighted by Gasteiger charge is -2.39. The van der Waals surface area contributed by atoms with E-state index in [9.17, 15) is 4.79 Å². The van der Waals surface area contributed by atoms with E-state index in [1.807, 2.05) is 0 Å². The summed E-state index contributed by atoms with van der Waals surface area (Å²) in [4.78, 5) is 11.3. The van der Waals surface area contributed by atoms with Gasteiger partial charge in [0.2, 0.25) is 0 Å². The van der Waals surface area contributed by atoms with Crippen LogP contribution in [0.5, 0.6) is 0 Å². The van der Waals surface area contributed by atoms with Crippen molar-refractivity contribution < 1.29 is 9.53 Å². The average molecular weight is 295 g/mol. The molecule has 2 fully saturated rings. The zero-order valence-corrected chi connectivity index (χ0v) is 13.9. The molecule has 21 heavy (non-hydrogen) atoms. The smallest absolute Gasteiger partial charge is 0.404 e. The van der Waals surface area contributed by atoms with Crippen LogP contribution in [-0.4, -0.2) is 12.2 Å². The Morgan fingerprint density at radius 2 is 1.29 bits per heavy atom. The number of carbonyl (C=O) groups is 1. The molecule has 3 nitrogen and oxygen atoms in total. The minimum atomic E-state index is -0.574. The van der Waals surface area contributed by atoms with Gasteiger partial charge in [-0.2, -0.15) is 0 Å². The number of primary amides is 1. The van der Waals surface area contributed by atoms with Crippen molar-refractivity contribution >= 4 is 6.09 Å². The van der Waals surface area contributed by atoms with Crippen LogP contribution >= 0.6 is 0 Å². The predicted molar refractivity (Wildman–Crippen MR) is 85.9 cm³/mol. The zero-order valence-electron chi connectivity index (χ0n) is 13.9. The van der Waals surface area contributed by atoms with E-state index in [2.05, 4.69) is 13.8 Å². The van der Waals surface area contributed by atoms with Crippen LogP contribution in [0.3, 0.4) is 0 Å². The highest BCUT2D eigenvalue weighted by Gasteiger charge is 2.36. The second kappa shape index (κ2) is 8.05. The molecule has 0 aliphatic heterocycles. The third kappa shape index (κ3) is 4.62. The second-order valence-corrected chi connectivity index (χ2v) is 7.28. The molecule has 0 spiro atoms. The SMILES string of the molecule is CCC1CCC(C(OC(N)=O)C2CCC(CC)CC2)CC1. The Morgan fingerprint density at radius 1 is 0.905 bits per heavy atom. The molecule has 2 aliphatic rings. The molecular formula is C18H33NO2. The lowest BCUT2D eigenvalue weighted by Crippen LogP contribution is -2.39. The molecule has 0 radical (unpaired) electrons. The first-order chi connectivity index (χ1) is 10.1. The normalized spacial score (nSPS) is 35.1. The molecule has 2 saturated carbocycles. The van der Waals surface area contributed by atoms with Crippen molar-refractivity contribution in [1.82, 2.24) is 0 Å². The molecule has 2 aliphatic carbocycles. The lowest BCUT2D eigenvalue weighted by atomic mass is 9.71. The summed E-state index contributed by atoms with van der Waals surface area (Å²) >= 11 is 0. The standard InChI is InChI=1S/C18H33NO2/c1-3-13-5-9-15(10-6-13)17(21-18(19)20)16-11-7-14(4-2)8-12-16/h13-17H,3-12H2,1-2H3,(H2,19,20). The minimum absolute atomic E-state index is 0.0816. The number of rotatable bonds is 5. The lowest BCUT2D eigenvalue weighted by molar-refractivity contribution is -0.00675. The molecule has 0 aromatic carbocycles. The van der Waals surface area contributed by atoms with Gasteiger partial charge in [-0.15, -0.1) is 0 Å². The van der Waals surface area contributed by atoms with E-state index in [0.29, 0.717) is 11.8 Å². The summed E-state index contributed by atoms with van der Waals surface area (Å²) in [6, 6.07) is 0. The van der Waals surface area contributed by atoms with Crippen LogP contribution in [0.15, 0.2) is 0 Å². The summed E-state index contributed by atoms with van der Waals surface area (Å²) in [5.41, 5.74) is 5.35. The zero-order chi connectivity index (χ0) is 15.2. The van der Waals surface area contributed by atoms with Crippen LogP contribution in [-0.2, 0) is 4.74 Å². The highest BCUT2D eigenvalue weighted by molar-refractivity contribution is 5.64. The van der Waals surface area contributed by atoms with Crippen molar-refractivity contribution in [3.05, 3.63) is 0 Å². The van der Waals surface area contributed by atoms with Gasteiger partial charge in [0, 0.05) is 0 Å². The first-order valence-electron chi connectivity index (χ1n) is 9.10. The molecular weight excluding hydrogens is 262 g/mol. The number of nitrogens with two attached hydrogens (primary N) is 1. The van der Waals surface area contributed by atoms with Gasteiger partial charge in [-0.1, -0.05) is 52.4 Å². The maximum Gasteiger partial charge on any atom is 0.404 e. The van der Waals surface area contributed by atoms with E-state index in [1.54, 1.807) is 0 Å². The molecule has 3 heteroatoms. The summed E-state index contributed by atoms with van der Waals surface area (Å²) in [6.45, 7) is 4.57. The summed E-state index contributed by atoms with van der Waals surface area (Å²) in [6.07, 6.45) is 12.1. The van der Waals surface area contributed by atoms with Crippen molar-refractivity contribution in [3.63, 3.8) is 0 Å². The Kier molecular flexibility index (Phi) is 6.38. The third-order valence-electron chi connectivity index (χ3n) is 6.12. The summed E-state index contributed by atoms with van der Waals surface area (Å²) < 4.78 is 5.61. The molecule has 2 rings (SSSR count). The Hall–Kier alpha value is -0.730. The number of amides is 1. The highest BCUT2D eigenvalue weighted by atomic mass is 16.6. The molecule has 0 heterocycles. The summed E-state index contributed by atoms with van der Waals surface area (Å²) in [5.74, 6) is 2.85. The molecule has 0 saturated heterocycles. The average Bonchev–Trinajstić information content (AvgIpc) is 2.53. The topological polar surface area (TPSA) is 52.3 Å². The molecule has 0 bridgehead atoms. The molecule has 122 valence electrons. The van der Waals surface area contributed by atoms with E-state index in [0.717, 1.165) is 11.8 Å². The first kappa shape index (κ1) is 16.6. The molecule has 0 aromatic heterocycles. The molecule has 2 N–H and O–H groups in total. The van der Waals surface area contributed by atoms with Crippen LogP contribution in [0.4, 0.5) is 4.79 Å². The predicted octanol–water partition coefficient (Wildman–Crippen LogP) is 4.88. The van der Waals surface area contributed by atoms with Gasteiger partial charge in [0.05, 0.1) is 0 Å². The molecule has 0 atom stereocenters.